The number of carbonyl (C=O) groups excluding carboxylic acids is 2. The Bertz CT molecular complexity index is 355. The molecule has 9 heteroatoms. The van der Waals surface area contributed by atoms with Gasteiger partial charge in [-0.05, 0) is 5.92 Å². The summed E-state index contributed by atoms with van der Waals surface area (Å²) in [6.45, 7) is 2.69. The van der Waals surface area contributed by atoms with Gasteiger partial charge < -0.3 is 15.7 Å². The quantitative estimate of drug-likeness (QED) is 0.653. The summed E-state index contributed by atoms with van der Waals surface area (Å²) >= 11 is 0. The van der Waals surface area contributed by atoms with Gasteiger partial charge in [-0.25, -0.2) is 0 Å². The zero-order valence-corrected chi connectivity index (χ0v) is 10.4. The van der Waals surface area contributed by atoms with Crippen molar-refractivity contribution in [1.82, 2.24) is 10.6 Å². The SMILES string of the molecule is CC(C)[C@H](NC(=O)C(F)(F)F)C(=O)NCCC(=O)O. The summed E-state index contributed by atoms with van der Waals surface area (Å²) in [6, 6.07) is -1.37. The Labute approximate surface area is 107 Å². The standard InChI is InChI=1S/C10H15F3N2O4/c1-5(2)7(15-9(19)10(11,12)13)8(18)14-4-3-6(16)17/h5,7H,3-4H2,1-2H3,(H,14,18)(H,15,19)(H,16,17)/t7-/m0/s1. The minimum absolute atomic E-state index is 0.223. The van der Waals surface area contributed by atoms with Crippen LogP contribution in [0, 0.1) is 5.92 Å². The molecule has 6 nitrogen and oxygen atoms in total. The highest BCUT2D eigenvalue weighted by molar-refractivity contribution is 5.90. The molecule has 0 radical (unpaired) electrons. The molecule has 19 heavy (non-hydrogen) atoms. The van der Waals surface area contributed by atoms with E-state index in [0.29, 0.717) is 0 Å². The lowest BCUT2D eigenvalue weighted by atomic mass is 10.0. The van der Waals surface area contributed by atoms with Crippen molar-refractivity contribution in [3.63, 3.8) is 0 Å². The number of nitrogens with one attached hydrogen (secondary N) is 2. The lowest BCUT2D eigenvalue weighted by Gasteiger charge is -2.22. The van der Waals surface area contributed by atoms with Gasteiger partial charge in [0.25, 0.3) is 0 Å². The summed E-state index contributed by atoms with van der Waals surface area (Å²) in [5, 5.41) is 12.1. The van der Waals surface area contributed by atoms with E-state index in [4.69, 9.17) is 5.11 Å². The summed E-state index contributed by atoms with van der Waals surface area (Å²) in [4.78, 5) is 32.5. The summed E-state index contributed by atoms with van der Waals surface area (Å²) < 4.78 is 36.2. The van der Waals surface area contributed by atoms with Crippen molar-refractivity contribution in [3.05, 3.63) is 0 Å². The van der Waals surface area contributed by atoms with Crippen molar-refractivity contribution in [2.24, 2.45) is 5.92 Å². The molecule has 0 spiro atoms. The Morgan fingerprint density at radius 1 is 1.21 bits per heavy atom. The number of carboxylic acids is 1. The van der Waals surface area contributed by atoms with Crippen molar-refractivity contribution in [3.8, 4) is 0 Å². The fourth-order valence-corrected chi connectivity index (χ4v) is 1.16. The molecule has 0 saturated heterocycles. The van der Waals surface area contributed by atoms with E-state index in [1.165, 1.54) is 13.8 Å². The minimum atomic E-state index is -5.07. The Morgan fingerprint density at radius 2 is 1.74 bits per heavy atom. The predicted octanol–water partition coefficient (Wildman–Crippen LogP) is 0.280. The second-order valence-corrected chi connectivity index (χ2v) is 4.13. The second-order valence-electron chi connectivity index (χ2n) is 4.13. The lowest BCUT2D eigenvalue weighted by Crippen LogP contribution is -2.53. The van der Waals surface area contributed by atoms with Gasteiger partial charge in [0.15, 0.2) is 0 Å². The van der Waals surface area contributed by atoms with Gasteiger partial charge in [-0.3, -0.25) is 14.4 Å². The molecule has 1 atom stereocenters. The van der Waals surface area contributed by atoms with E-state index in [2.05, 4.69) is 5.32 Å². The van der Waals surface area contributed by atoms with E-state index in [9.17, 15) is 27.6 Å². The number of hydrogen-bond acceptors (Lipinski definition) is 3. The molecule has 0 aliphatic carbocycles. The van der Waals surface area contributed by atoms with E-state index >= 15 is 0 Å². The van der Waals surface area contributed by atoms with Crippen LogP contribution in [0.2, 0.25) is 0 Å². The first kappa shape index (κ1) is 17.2. The third-order valence-corrected chi connectivity index (χ3v) is 2.13. The van der Waals surface area contributed by atoms with E-state index in [-0.39, 0.29) is 13.0 Å². The maximum Gasteiger partial charge on any atom is 0.471 e. The third kappa shape index (κ3) is 6.63. The number of amides is 2. The fraction of sp³-hybridized carbons (Fsp3) is 0.700. The van der Waals surface area contributed by atoms with Crippen LogP contribution in [-0.2, 0) is 14.4 Å². The largest absolute Gasteiger partial charge is 0.481 e. The van der Waals surface area contributed by atoms with Gasteiger partial charge in [-0.2, -0.15) is 13.2 Å². The average Bonchev–Trinajstić information content (AvgIpc) is 2.22. The average molecular weight is 284 g/mol. The molecule has 0 aromatic heterocycles. The van der Waals surface area contributed by atoms with Crippen molar-refractivity contribution in [2.75, 3.05) is 6.54 Å². The first-order valence-electron chi connectivity index (χ1n) is 5.43. The van der Waals surface area contributed by atoms with Crippen LogP contribution < -0.4 is 10.6 Å². The highest BCUT2D eigenvalue weighted by Crippen LogP contribution is 2.15. The third-order valence-electron chi connectivity index (χ3n) is 2.13. The van der Waals surface area contributed by atoms with Crippen molar-refractivity contribution >= 4 is 17.8 Å². The van der Waals surface area contributed by atoms with Crippen molar-refractivity contribution < 1.29 is 32.7 Å². The zero-order chi connectivity index (χ0) is 15.2. The Kier molecular flexibility index (Phi) is 6.30. The Hall–Kier alpha value is -1.80. The molecule has 0 aromatic rings. The fourth-order valence-electron chi connectivity index (χ4n) is 1.16. The van der Waals surface area contributed by atoms with Crippen LogP contribution in [-0.4, -0.2) is 41.7 Å². The van der Waals surface area contributed by atoms with Crippen molar-refractivity contribution in [2.45, 2.75) is 32.5 Å². The monoisotopic (exact) mass is 284 g/mol. The zero-order valence-electron chi connectivity index (χ0n) is 10.4. The van der Waals surface area contributed by atoms with Gasteiger partial charge in [0.1, 0.15) is 6.04 Å². The number of carboxylic acid groups (broad SMARTS) is 1. The van der Waals surface area contributed by atoms with E-state index < -0.39 is 35.9 Å². The molecule has 0 rings (SSSR count). The normalized spacial score (nSPS) is 12.9. The Morgan fingerprint density at radius 3 is 2.11 bits per heavy atom. The van der Waals surface area contributed by atoms with E-state index in [1.807, 2.05) is 0 Å². The Balaban J connectivity index is 4.52. The molecule has 2 amide bonds. The second kappa shape index (κ2) is 6.95. The summed E-state index contributed by atoms with van der Waals surface area (Å²) in [6.07, 6.45) is -5.43. The van der Waals surface area contributed by atoms with Crippen LogP contribution in [0.1, 0.15) is 20.3 Å². The molecule has 110 valence electrons. The van der Waals surface area contributed by atoms with Crippen LogP contribution in [0.5, 0.6) is 0 Å². The van der Waals surface area contributed by atoms with E-state index in [0.717, 1.165) is 0 Å². The molecule has 0 bridgehead atoms. The van der Waals surface area contributed by atoms with Crippen LogP contribution in [0.25, 0.3) is 0 Å². The van der Waals surface area contributed by atoms with Gasteiger partial charge in [0, 0.05) is 6.54 Å². The summed E-state index contributed by atoms with van der Waals surface area (Å²) in [5.41, 5.74) is 0. The van der Waals surface area contributed by atoms with Crippen LogP contribution in [0.15, 0.2) is 0 Å². The summed E-state index contributed by atoms with van der Waals surface area (Å²) in [5.74, 6) is -4.79. The smallest absolute Gasteiger partial charge is 0.471 e. The predicted molar refractivity (Wildman–Crippen MR) is 58.1 cm³/mol. The highest BCUT2D eigenvalue weighted by atomic mass is 19.4. The molecule has 0 unspecified atom stereocenters. The van der Waals surface area contributed by atoms with Gasteiger partial charge in [0.05, 0.1) is 6.42 Å². The number of carbonyl (C=O) groups is 3. The number of rotatable bonds is 6. The summed E-state index contributed by atoms with van der Waals surface area (Å²) in [7, 11) is 0. The lowest BCUT2D eigenvalue weighted by molar-refractivity contribution is -0.175. The van der Waals surface area contributed by atoms with Crippen LogP contribution in [0.3, 0.4) is 0 Å². The van der Waals surface area contributed by atoms with E-state index in [1.54, 1.807) is 5.32 Å². The van der Waals surface area contributed by atoms with Crippen LogP contribution >= 0.6 is 0 Å². The van der Waals surface area contributed by atoms with Crippen molar-refractivity contribution in [1.29, 1.82) is 0 Å². The molecular weight excluding hydrogens is 269 g/mol. The number of alkyl halides is 3. The molecule has 3 N–H and O–H groups in total. The maximum atomic E-state index is 12.1. The molecular formula is C10H15F3N2O4. The van der Waals surface area contributed by atoms with Crippen LogP contribution in [0.4, 0.5) is 13.2 Å². The van der Waals surface area contributed by atoms with Gasteiger partial charge in [-0.1, -0.05) is 13.8 Å². The molecule has 0 aliphatic heterocycles. The highest BCUT2D eigenvalue weighted by Gasteiger charge is 2.41. The molecule has 0 heterocycles. The first-order valence-corrected chi connectivity index (χ1v) is 5.43. The van der Waals surface area contributed by atoms with Gasteiger partial charge >= 0.3 is 18.1 Å². The minimum Gasteiger partial charge on any atom is -0.481 e. The maximum absolute atomic E-state index is 12.1. The topological polar surface area (TPSA) is 95.5 Å². The molecule has 0 fully saturated rings. The molecule has 0 saturated carbocycles. The van der Waals surface area contributed by atoms with Gasteiger partial charge in [0.2, 0.25) is 5.91 Å². The number of aliphatic carboxylic acids is 1. The van der Waals surface area contributed by atoms with Gasteiger partial charge in [-0.15, -0.1) is 0 Å². The number of halogens is 3. The number of hydrogen-bond donors (Lipinski definition) is 3. The first-order chi connectivity index (χ1) is 8.55. The molecule has 0 aliphatic rings. The molecule has 0 aromatic carbocycles.